The van der Waals surface area contributed by atoms with Crippen molar-refractivity contribution in [3.8, 4) is 0 Å². The maximum Gasteiger partial charge on any atom is 0.276 e. The number of aromatic nitrogens is 1. The third-order valence-corrected chi connectivity index (χ3v) is 5.24. The number of carbonyl (C=O) groups excluding carboxylic acids is 1. The van der Waals surface area contributed by atoms with Gasteiger partial charge in [-0.2, -0.15) is 0 Å². The molecule has 0 aliphatic carbocycles. The van der Waals surface area contributed by atoms with E-state index in [0.29, 0.717) is 12.2 Å². The van der Waals surface area contributed by atoms with E-state index in [1.165, 1.54) is 18.5 Å². The van der Waals surface area contributed by atoms with E-state index < -0.39 is 0 Å². The molecule has 0 unspecified atom stereocenters. The van der Waals surface area contributed by atoms with Crippen molar-refractivity contribution in [1.82, 2.24) is 4.98 Å². The summed E-state index contributed by atoms with van der Waals surface area (Å²) < 4.78 is 0. The number of para-hydroxylation sites is 1. The number of anilines is 4. The minimum atomic E-state index is -0.105. The van der Waals surface area contributed by atoms with Gasteiger partial charge in [0.15, 0.2) is 0 Å². The number of rotatable bonds is 6. The van der Waals surface area contributed by atoms with Crippen molar-refractivity contribution in [2.24, 2.45) is 0 Å². The lowest BCUT2D eigenvalue weighted by Crippen LogP contribution is -2.31. The summed E-state index contributed by atoms with van der Waals surface area (Å²) in [5.41, 5.74) is 4.40. The van der Waals surface area contributed by atoms with Crippen LogP contribution < -0.4 is 15.1 Å². The smallest absolute Gasteiger partial charge is 0.276 e. The number of amides is 1. The topological polar surface area (TPSA) is 48.5 Å². The van der Waals surface area contributed by atoms with Gasteiger partial charge < -0.3 is 15.1 Å². The normalized spacial score (nSPS) is 13.3. The third-order valence-electron chi connectivity index (χ3n) is 5.24. The second-order valence-corrected chi connectivity index (χ2v) is 7.18. The lowest BCUT2D eigenvalue weighted by Gasteiger charge is -2.21. The molecule has 0 saturated carbocycles. The maximum absolute atomic E-state index is 13.0. The SMILES string of the molecule is CCN(C(=O)c1cc(Nc2ccc(N3CCCC3)cc2)ccn1)c1ccccc1. The summed E-state index contributed by atoms with van der Waals surface area (Å²) >= 11 is 0. The molecule has 2 aromatic carbocycles. The van der Waals surface area contributed by atoms with Crippen LogP contribution in [0, 0.1) is 0 Å². The summed E-state index contributed by atoms with van der Waals surface area (Å²) in [6.07, 6.45) is 4.21. The van der Waals surface area contributed by atoms with Crippen molar-refractivity contribution in [2.45, 2.75) is 19.8 Å². The van der Waals surface area contributed by atoms with Gasteiger partial charge >= 0.3 is 0 Å². The van der Waals surface area contributed by atoms with Crippen LogP contribution in [0.15, 0.2) is 72.9 Å². The summed E-state index contributed by atoms with van der Waals surface area (Å²) in [4.78, 5) is 21.5. The van der Waals surface area contributed by atoms with E-state index in [1.54, 1.807) is 11.1 Å². The van der Waals surface area contributed by atoms with Crippen LogP contribution in [0.3, 0.4) is 0 Å². The van der Waals surface area contributed by atoms with Gasteiger partial charge in [0.05, 0.1) is 0 Å². The van der Waals surface area contributed by atoms with E-state index in [1.807, 2.05) is 49.4 Å². The molecule has 5 nitrogen and oxygen atoms in total. The molecule has 0 atom stereocenters. The standard InChI is InChI=1S/C24H26N4O/c1-2-28(22-8-4-3-5-9-22)24(29)23-18-20(14-15-25-23)26-19-10-12-21(13-11-19)27-16-6-7-17-27/h3-5,8-15,18H,2,6-7,16-17H2,1H3,(H,25,26). The Morgan fingerprint density at radius 2 is 1.72 bits per heavy atom. The van der Waals surface area contributed by atoms with Crippen molar-refractivity contribution in [3.05, 3.63) is 78.6 Å². The molecule has 0 bridgehead atoms. The van der Waals surface area contributed by atoms with Gasteiger partial charge in [-0.05, 0) is 68.3 Å². The average Bonchev–Trinajstić information content (AvgIpc) is 3.31. The minimum absolute atomic E-state index is 0.105. The summed E-state index contributed by atoms with van der Waals surface area (Å²) in [5, 5.41) is 3.38. The second-order valence-electron chi connectivity index (χ2n) is 7.18. The van der Waals surface area contributed by atoms with Gasteiger partial charge in [-0.3, -0.25) is 9.78 Å². The summed E-state index contributed by atoms with van der Waals surface area (Å²) in [7, 11) is 0. The highest BCUT2D eigenvalue weighted by atomic mass is 16.2. The molecule has 1 aliphatic heterocycles. The van der Waals surface area contributed by atoms with Gasteiger partial charge in [0.25, 0.3) is 5.91 Å². The second kappa shape index (κ2) is 8.78. The molecule has 1 aromatic heterocycles. The maximum atomic E-state index is 13.0. The molecule has 3 aromatic rings. The molecule has 1 aliphatic rings. The monoisotopic (exact) mass is 386 g/mol. The Labute approximate surface area is 172 Å². The largest absolute Gasteiger partial charge is 0.372 e. The molecule has 0 spiro atoms. The van der Waals surface area contributed by atoms with Gasteiger partial charge in [-0.15, -0.1) is 0 Å². The van der Waals surface area contributed by atoms with Crippen LogP contribution >= 0.6 is 0 Å². The fraction of sp³-hybridized carbons (Fsp3) is 0.250. The Kier molecular flexibility index (Phi) is 5.75. The number of carbonyl (C=O) groups is 1. The van der Waals surface area contributed by atoms with Crippen LogP contribution in [0.2, 0.25) is 0 Å². The summed E-state index contributed by atoms with van der Waals surface area (Å²) in [6.45, 7) is 4.82. The number of nitrogens with one attached hydrogen (secondary N) is 1. The predicted octanol–water partition coefficient (Wildman–Crippen LogP) is 5.09. The van der Waals surface area contributed by atoms with E-state index >= 15 is 0 Å². The molecule has 5 heteroatoms. The molecule has 29 heavy (non-hydrogen) atoms. The lowest BCUT2D eigenvalue weighted by molar-refractivity contribution is 0.0983. The molecular weight excluding hydrogens is 360 g/mol. The van der Waals surface area contributed by atoms with Crippen molar-refractivity contribution in [1.29, 1.82) is 0 Å². The quantitative estimate of drug-likeness (QED) is 0.641. The summed E-state index contributed by atoms with van der Waals surface area (Å²) in [6, 6.07) is 21.8. The van der Waals surface area contributed by atoms with E-state index in [9.17, 15) is 4.79 Å². The highest BCUT2D eigenvalue weighted by molar-refractivity contribution is 6.05. The highest BCUT2D eigenvalue weighted by Crippen LogP contribution is 2.24. The first kappa shape index (κ1) is 19.0. The summed E-state index contributed by atoms with van der Waals surface area (Å²) in [5.74, 6) is -0.105. The molecule has 2 heterocycles. The van der Waals surface area contributed by atoms with Crippen LogP contribution in [-0.2, 0) is 0 Å². The average molecular weight is 386 g/mol. The molecule has 1 fully saturated rings. The zero-order valence-electron chi connectivity index (χ0n) is 16.7. The lowest BCUT2D eigenvalue weighted by atomic mass is 10.2. The van der Waals surface area contributed by atoms with Crippen LogP contribution in [0.5, 0.6) is 0 Å². The number of benzene rings is 2. The third kappa shape index (κ3) is 4.40. The van der Waals surface area contributed by atoms with E-state index in [-0.39, 0.29) is 5.91 Å². The van der Waals surface area contributed by atoms with Crippen molar-refractivity contribution in [3.63, 3.8) is 0 Å². The van der Waals surface area contributed by atoms with Crippen molar-refractivity contribution in [2.75, 3.05) is 34.8 Å². The Morgan fingerprint density at radius 3 is 2.41 bits per heavy atom. The Balaban J connectivity index is 1.49. The van der Waals surface area contributed by atoms with Gasteiger partial charge in [-0.25, -0.2) is 0 Å². The Hall–Kier alpha value is -3.34. The number of pyridine rings is 1. The number of nitrogens with zero attached hydrogens (tertiary/aromatic N) is 3. The van der Waals surface area contributed by atoms with Crippen LogP contribution in [0.25, 0.3) is 0 Å². The molecule has 1 amide bonds. The molecule has 4 rings (SSSR count). The van der Waals surface area contributed by atoms with Crippen LogP contribution in [0.1, 0.15) is 30.3 Å². The Morgan fingerprint density at radius 1 is 1.00 bits per heavy atom. The predicted molar refractivity (Wildman–Crippen MR) is 119 cm³/mol. The first-order valence-corrected chi connectivity index (χ1v) is 10.2. The van der Waals surface area contributed by atoms with Gasteiger partial charge in [0.2, 0.25) is 0 Å². The highest BCUT2D eigenvalue weighted by Gasteiger charge is 2.17. The first-order valence-electron chi connectivity index (χ1n) is 10.2. The van der Waals surface area contributed by atoms with Crippen LogP contribution in [0.4, 0.5) is 22.7 Å². The minimum Gasteiger partial charge on any atom is -0.372 e. The van der Waals surface area contributed by atoms with Crippen molar-refractivity contribution < 1.29 is 4.79 Å². The first-order chi connectivity index (χ1) is 14.2. The van der Waals surface area contributed by atoms with E-state index in [4.69, 9.17) is 0 Å². The van der Waals surface area contributed by atoms with Crippen molar-refractivity contribution >= 4 is 28.7 Å². The number of hydrogen-bond acceptors (Lipinski definition) is 4. The molecular formula is C24H26N4O. The fourth-order valence-electron chi connectivity index (χ4n) is 3.71. The molecule has 1 N–H and O–H groups in total. The molecule has 1 saturated heterocycles. The van der Waals surface area contributed by atoms with Gasteiger partial charge in [0.1, 0.15) is 5.69 Å². The van der Waals surface area contributed by atoms with Gasteiger partial charge in [-0.1, -0.05) is 18.2 Å². The molecule has 148 valence electrons. The molecule has 0 radical (unpaired) electrons. The van der Waals surface area contributed by atoms with E-state index in [0.717, 1.165) is 30.2 Å². The zero-order chi connectivity index (χ0) is 20.1. The van der Waals surface area contributed by atoms with E-state index in [2.05, 4.69) is 39.5 Å². The Bertz CT molecular complexity index is 950. The fourth-order valence-corrected chi connectivity index (χ4v) is 3.71. The van der Waals surface area contributed by atoms with Gasteiger partial charge in [0, 0.05) is 48.6 Å². The zero-order valence-corrected chi connectivity index (χ0v) is 16.7. The van der Waals surface area contributed by atoms with Crippen LogP contribution in [-0.4, -0.2) is 30.5 Å². The number of hydrogen-bond donors (Lipinski definition) is 1.